The van der Waals surface area contributed by atoms with Crippen LogP contribution in [0.2, 0.25) is 0 Å². The van der Waals surface area contributed by atoms with E-state index in [1.165, 1.54) is 6.20 Å². The van der Waals surface area contributed by atoms with E-state index in [1.807, 2.05) is 30.9 Å². The predicted molar refractivity (Wildman–Crippen MR) is 101 cm³/mol. The van der Waals surface area contributed by atoms with Crippen LogP contribution in [0.25, 0.3) is 0 Å². The zero-order valence-corrected chi connectivity index (χ0v) is 15.8. The van der Waals surface area contributed by atoms with Gasteiger partial charge in [0.1, 0.15) is 5.69 Å². The van der Waals surface area contributed by atoms with Crippen LogP contribution in [0.4, 0.5) is 0 Å². The van der Waals surface area contributed by atoms with Crippen LogP contribution in [0.15, 0.2) is 36.9 Å². The largest absolute Gasteiger partial charge is 0.347 e. The number of hydrogen-bond acceptors (Lipinski definition) is 5. The van der Waals surface area contributed by atoms with Crippen molar-refractivity contribution in [3.63, 3.8) is 0 Å². The normalized spacial score (nSPS) is 18.9. The van der Waals surface area contributed by atoms with Gasteiger partial charge in [-0.2, -0.15) is 0 Å². The molecule has 0 radical (unpaired) electrons. The molecule has 7 heteroatoms. The highest BCUT2D eigenvalue weighted by molar-refractivity contribution is 5.92. The van der Waals surface area contributed by atoms with Gasteiger partial charge in [-0.3, -0.25) is 19.6 Å². The van der Waals surface area contributed by atoms with E-state index >= 15 is 0 Å². The minimum atomic E-state index is -0.274. The minimum absolute atomic E-state index is 0.0899. The molecule has 0 bridgehead atoms. The van der Waals surface area contributed by atoms with Crippen molar-refractivity contribution >= 4 is 11.8 Å². The second-order valence-electron chi connectivity index (χ2n) is 6.87. The first kappa shape index (κ1) is 18.9. The van der Waals surface area contributed by atoms with Gasteiger partial charge in [-0.15, -0.1) is 0 Å². The second-order valence-corrected chi connectivity index (χ2v) is 6.87. The Balaban J connectivity index is 1.66. The molecule has 142 valence electrons. The third-order valence-corrected chi connectivity index (χ3v) is 4.98. The summed E-state index contributed by atoms with van der Waals surface area (Å²) in [6.07, 6.45) is 9.01. The van der Waals surface area contributed by atoms with Crippen LogP contribution >= 0.6 is 0 Å². The average molecular weight is 367 g/mol. The Kier molecular flexibility index (Phi) is 6.11. The van der Waals surface area contributed by atoms with E-state index in [9.17, 15) is 9.59 Å². The van der Waals surface area contributed by atoms with E-state index < -0.39 is 0 Å². The number of pyridine rings is 1. The number of amides is 2. The summed E-state index contributed by atoms with van der Waals surface area (Å²) in [5, 5.41) is 2.99. The lowest BCUT2D eigenvalue weighted by molar-refractivity contribution is -0.136. The molecule has 2 heterocycles. The molecule has 2 aromatic rings. The Bertz CT molecular complexity index is 779. The van der Waals surface area contributed by atoms with Crippen molar-refractivity contribution in [2.24, 2.45) is 5.92 Å². The summed E-state index contributed by atoms with van der Waals surface area (Å²) in [7, 11) is 0. The fraction of sp³-hybridized carbons (Fsp3) is 0.450. The fourth-order valence-electron chi connectivity index (χ4n) is 3.47. The molecule has 0 unspecified atom stereocenters. The molecule has 1 aliphatic carbocycles. The molecule has 1 N–H and O–H groups in total. The fourth-order valence-corrected chi connectivity index (χ4v) is 3.47. The van der Waals surface area contributed by atoms with Crippen molar-refractivity contribution < 1.29 is 9.59 Å². The Hall–Kier alpha value is -2.83. The number of carbonyl (C=O) groups excluding carboxylic acids is 2. The quantitative estimate of drug-likeness (QED) is 0.845. The van der Waals surface area contributed by atoms with Gasteiger partial charge in [0.25, 0.3) is 5.91 Å². The Morgan fingerprint density at radius 2 is 1.96 bits per heavy atom. The maximum absolute atomic E-state index is 13.1. The smallest absolute Gasteiger partial charge is 0.271 e. The third kappa shape index (κ3) is 4.67. The van der Waals surface area contributed by atoms with Crippen LogP contribution in [-0.2, 0) is 11.3 Å². The topological polar surface area (TPSA) is 88.1 Å². The number of nitrogens with zero attached hydrogens (tertiary/aromatic N) is 4. The lowest BCUT2D eigenvalue weighted by Crippen LogP contribution is -2.45. The van der Waals surface area contributed by atoms with E-state index in [2.05, 4.69) is 20.3 Å². The van der Waals surface area contributed by atoms with Crippen molar-refractivity contribution in [2.45, 2.75) is 45.7 Å². The second kappa shape index (κ2) is 8.70. The molecule has 0 spiro atoms. The molecule has 1 fully saturated rings. The van der Waals surface area contributed by atoms with Gasteiger partial charge in [-0.1, -0.05) is 6.42 Å². The summed E-state index contributed by atoms with van der Waals surface area (Å²) in [5.41, 5.74) is 2.09. The highest BCUT2D eigenvalue weighted by atomic mass is 16.2. The van der Waals surface area contributed by atoms with Crippen LogP contribution in [0, 0.1) is 12.8 Å². The summed E-state index contributed by atoms with van der Waals surface area (Å²) in [4.78, 5) is 39.6. The van der Waals surface area contributed by atoms with E-state index in [-0.39, 0.29) is 29.5 Å². The van der Waals surface area contributed by atoms with E-state index in [4.69, 9.17) is 0 Å². The first-order chi connectivity index (χ1) is 13.1. The first-order valence-electron chi connectivity index (χ1n) is 9.35. The van der Waals surface area contributed by atoms with Crippen molar-refractivity contribution in [3.05, 3.63) is 53.9 Å². The summed E-state index contributed by atoms with van der Waals surface area (Å²) >= 11 is 0. The standard InChI is InChI=1S/C20H25N5O2/c1-3-25(13-15-7-9-21-10-8-15)20(27)16-5-4-6-17(16)24-19(26)18-12-22-14(2)11-23-18/h7-12,16-17H,3-6,13H2,1-2H3,(H,24,26)/t16-,17+/m0/s1. The van der Waals surface area contributed by atoms with E-state index in [1.54, 1.807) is 18.6 Å². The van der Waals surface area contributed by atoms with Crippen molar-refractivity contribution in [1.29, 1.82) is 0 Å². The molecule has 0 saturated heterocycles. The molecule has 2 atom stereocenters. The van der Waals surface area contributed by atoms with Gasteiger partial charge in [-0.25, -0.2) is 4.98 Å². The molecule has 0 aliphatic heterocycles. The zero-order chi connectivity index (χ0) is 19.2. The number of carbonyl (C=O) groups is 2. The lowest BCUT2D eigenvalue weighted by Gasteiger charge is -2.28. The number of hydrogen-bond donors (Lipinski definition) is 1. The number of aryl methyl sites for hydroxylation is 1. The van der Waals surface area contributed by atoms with Gasteiger partial charge in [0.15, 0.2) is 0 Å². The van der Waals surface area contributed by atoms with Gasteiger partial charge in [-0.05, 0) is 44.4 Å². The van der Waals surface area contributed by atoms with Crippen LogP contribution < -0.4 is 5.32 Å². The monoisotopic (exact) mass is 367 g/mol. The van der Waals surface area contributed by atoms with Crippen molar-refractivity contribution in [2.75, 3.05) is 6.54 Å². The van der Waals surface area contributed by atoms with Crippen molar-refractivity contribution in [3.8, 4) is 0 Å². The van der Waals surface area contributed by atoms with E-state index in [0.717, 1.165) is 30.5 Å². The summed E-state index contributed by atoms with van der Waals surface area (Å²) in [5.74, 6) is -0.384. The molecule has 2 amide bonds. The molecule has 1 saturated carbocycles. The number of rotatable bonds is 6. The molecule has 2 aromatic heterocycles. The number of aromatic nitrogens is 3. The van der Waals surface area contributed by atoms with Gasteiger partial charge in [0.2, 0.25) is 5.91 Å². The molecule has 27 heavy (non-hydrogen) atoms. The Labute approximate surface area is 159 Å². The van der Waals surface area contributed by atoms with E-state index in [0.29, 0.717) is 13.1 Å². The SMILES string of the molecule is CCN(Cc1ccncc1)C(=O)[C@H]1CCC[C@H]1NC(=O)c1cnc(C)cn1. The molecular formula is C20H25N5O2. The first-order valence-corrected chi connectivity index (χ1v) is 9.35. The molecule has 0 aromatic carbocycles. The summed E-state index contributed by atoms with van der Waals surface area (Å²) < 4.78 is 0. The zero-order valence-electron chi connectivity index (χ0n) is 15.8. The molecule has 7 nitrogen and oxygen atoms in total. The average Bonchev–Trinajstić information content (AvgIpc) is 3.15. The molecule has 1 aliphatic rings. The maximum Gasteiger partial charge on any atom is 0.271 e. The van der Waals surface area contributed by atoms with Crippen LogP contribution in [0.1, 0.15) is 47.9 Å². The summed E-state index contributed by atoms with van der Waals surface area (Å²) in [6, 6.07) is 3.67. The van der Waals surface area contributed by atoms with Gasteiger partial charge < -0.3 is 10.2 Å². The molecule has 3 rings (SSSR count). The highest BCUT2D eigenvalue weighted by Crippen LogP contribution is 2.28. The highest BCUT2D eigenvalue weighted by Gasteiger charge is 2.36. The molecular weight excluding hydrogens is 342 g/mol. The van der Waals surface area contributed by atoms with Crippen molar-refractivity contribution in [1.82, 2.24) is 25.2 Å². The predicted octanol–water partition coefficient (Wildman–Crippen LogP) is 2.13. The Morgan fingerprint density at radius 3 is 2.63 bits per heavy atom. The van der Waals surface area contributed by atoms with Gasteiger partial charge >= 0.3 is 0 Å². The lowest BCUT2D eigenvalue weighted by atomic mass is 10.0. The van der Waals surface area contributed by atoms with Crippen LogP contribution in [-0.4, -0.2) is 44.3 Å². The third-order valence-electron chi connectivity index (χ3n) is 4.98. The van der Waals surface area contributed by atoms with Crippen LogP contribution in [0.5, 0.6) is 0 Å². The number of nitrogens with one attached hydrogen (secondary N) is 1. The van der Waals surface area contributed by atoms with Gasteiger partial charge in [0.05, 0.1) is 17.8 Å². The maximum atomic E-state index is 13.1. The van der Waals surface area contributed by atoms with Crippen LogP contribution in [0.3, 0.4) is 0 Å². The minimum Gasteiger partial charge on any atom is -0.347 e. The Morgan fingerprint density at radius 1 is 1.19 bits per heavy atom. The summed E-state index contributed by atoms with van der Waals surface area (Å²) in [6.45, 7) is 4.98. The van der Waals surface area contributed by atoms with Gasteiger partial charge in [0, 0.05) is 37.7 Å².